The smallest absolute Gasteiger partial charge is 0.394 e. The first kappa shape index (κ1) is 52.9. The van der Waals surface area contributed by atoms with E-state index in [0.717, 1.165) is 36.4 Å². The monoisotopic (exact) mass is 975 g/mol. The Bertz CT molecular complexity index is 2210. The average Bonchev–Trinajstić information content (AvgIpc) is 3.52. The summed E-state index contributed by atoms with van der Waals surface area (Å²) in [4.78, 5) is 75.6. The number of nitrogens with zero attached hydrogens (tertiary/aromatic N) is 1. The van der Waals surface area contributed by atoms with Gasteiger partial charge in [-0.05, 0) is 35.4 Å². The summed E-state index contributed by atoms with van der Waals surface area (Å²) in [5.74, 6) is 0.199. The van der Waals surface area contributed by atoms with Gasteiger partial charge in [-0.15, -0.1) is 0 Å². The van der Waals surface area contributed by atoms with Crippen molar-refractivity contribution in [1.82, 2.24) is 14.9 Å². The van der Waals surface area contributed by atoms with Gasteiger partial charge in [0.15, 0.2) is 24.0 Å². The lowest BCUT2D eigenvalue weighted by molar-refractivity contribution is -0.214. The van der Waals surface area contributed by atoms with Crippen molar-refractivity contribution < 1.29 is 105 Å². The predicted octanol–water partition coefficient (Wildman–Crippen LogP) is 0.434. The Morgan fingerprint density at radius 1 is 0.812 bits per heavy atom. The maximum atomic E-state index is 13.8. The summed E-state index contributed by atoms with van der Waals surface area (Å²) in [6, 6.07) is 12.2. The van der Waals surface area contributed by atoms with Crippen LogP contribution in [0, 0.1) is 0 Å². The van der Waals surface area contributed by atoms with Crippen molar-refractivity contribution in [3.05, 3.63) is 92.8 Å². The van der Waals surface area contributed by atoms with Crippen LogP contribution in [0.25, 0.3) is 0 Å². The van der Waals surface area contributed by atoms with E-state index in [1.807, 2.05) is 4.98 Å². The number of carbonyl (C=O) groups excluding carboxylic acids is 1. The van der Waals surface area contributed by atoms with Crippen LogP contribution in [0.4, 0.5) is 0 Å². The summed E-state index contributed by atoms with van der Waals surface area (Å²) in [6.07, 6.45) is -10.3. The molecule has 27 nitrogen and oxygen atoms in total. The lowest BCUT2D eigenvalue weighted by Gasteiger charge is -2.38. The molecule has 2 fully saturated rings. The fourth-order valence-electron chi connectivity index (χ4n) is 5.62. The quantitative estimate of drug-likeness (QED) is 0.0408. The summed E-state index contributed by atoms with van der Waals surface area (Å²) in [6.45, 7) is -1.11. The van der Waals surface area contributed by atoms with Gasteiger partial charge in [-0.25, -0.2) is 18.5 Å². The number of phosphoric acid groups is 3. The highest BCUT2D eigenvalue weighted by Gasteiger charge is 2.49. The molecule has 0 bridgehead atoms. The number of aromatic amines is 1. The number of aromatic nitrogens is 2. The number of nitrogens with one attached hydrogen (secondary N) is 2. The summed E-state index contributed by atoms with van der Waals surface area (Å²) in [5, 5.41) is 43.1. The van der Waals surface area contributed by atoms with Crippen LogP contribution in [-0.4, -0.2) is 123 Å². The molecule has 2 aromatic carbocycles. The van der Waals surface area contributed by atoms with Crippen LogP contribution in [0.3, 0.4) is 0 Å². The van der Waals surface area contributed by atoms with Gasteiger partial charge in [0.05, 0.1) is 52.8 Å². The minimum Gasteiger partial charge on any atom is -0.394 e. The Morgan fingerprint density at radius 3 is 1.91 bits per heavy atom. The van der Waals surface area contributed by atoms with Gasteiger partial charge >= 0.3 is 29.2 Å². The van der Waals surface area contributed by atoms with Crippen molar-refractivity contribution in [3.8, 4) is 11.5 Å². The van der Waals surface area contributed by atoms with Crippen molar-refractivity contribution in [1.29, 1.82) is 0 Å². The standard InChI is InChI=1S/C25H35N3O18P2.C9H13O6P/c1-13(30)26-16-9-17(31)18(10-29)43-24(16)45-47(36,37)46-48(38,40-11-14-3-5-15(6-4-14)44-39-2)41-12-19-21(33)22(34)23(42-19)28-8-7-20(32)27-25(28)35;1-12-15-9-5-3-8(4-6-9)7-14-16(10,11)13-2/h3-8,16-19,21-24,29,31,33-34H,9-12H2,1-2H3,(H,26,30)(H,36,37)(H,27,32,35);3-6H,7H2,1-2H3,(H,10,11)/t16?,17?,18-,19+,21?,22?,23+,24?,48?;/m1./s1. The minimum atomic E-state index is -5.54. The van der Waals surface area contributed by atoms with Gasteiger partial charge in [0.1, 0.15) is 24.4 Å². The van der Waals surface area contributed by atoms with Crippen molar-refractivity contribution in [2.45, 2.75) is 75.6 Å². The van der Waals surface area contributed by atoms with Crippen molar-refractivity contribution in [2.24, 2.45) is 0 Å². The van der Waals surface area contributed by atoms with E-state index >= 15 is 0 Å². The first-order valence-corrected chi connectivity index (χ1v) is 22.9. The first-order valence-electron chi connectivity index (χ1n) is 18.5. The molecule has 3 aromatic rings. The zero-order valence-corrected chi connectivity index (χ0v) is 36.9. The number of hydrogen-bond acceptors (Lipinski definition) is 22. The summed E-state index contributed by atoms with van der Waals surface area (Å²) in [5.41, 5.74) is -0.669. The second-order valence-electron chi connectivity index (χ2n) is 13.3. The van der Waals surface area contributed by atoms with Gasteiger partial charge in [-0.3, -0.25) is 41.8 Å². The topological polar surface area (TPSA) is 367 Å². The van der Waals surface area contributed by atoms with Gasteiger partial charge < -0.3 is 54.8 Å². The molecule has 1 aromatic heterocycles. The number of aliphatic hydroxyl groups excluding tert-OH is 4. The largest absolute Gasteiger partial charge is 0.484 e. The Labute approximate surface area is 362 Å². The Morgan fingerprint density at radius 2 is 1.39 bits per heavy atom. The van der Waals surface area contributed by atoms with E-state index in [2.05, 4.69) is 24.1 Å². The van der Waals surface area contributed by atoms with E-state index in [-0.39, 0.29) is 13.0 Å². The molecule has 5 rings (SSSR count). The van der Waals surface area contributed by atoms with E-state index in [4.69, 9.17) is 42.0 Å². The highest BCUT2D eigenvalue weighted by Crippen LogP contribution is 2.64. The molecule has 8 unspecified atom stereocenters. The number of hydrogen-bond donors (Lipinski definition) is 8. The molecule has 0 aliphatic carbocycles. The van der Waals surface area contributed by atoms with E-state index in [1.54, 1.807) is 24.3 Å². The molecule has 30 heteroatoms. The predicted molar refractivity (Wildman–Crippen MR) is 211 cm³/mol. The number of H-pyrrole nitrogens is 1. The van der Waals surface area contributed by atoms with Gasteiger partial charge in [-0.1, -0.05) is 24.3 Å². The average molecular weight is 976 g/mol. The van der Waals surface area contributed by atoms with Gasteiger partial charge in [-0.2, -0.15) is 14.1 Å². The molecule has 0 radical (unpaired) electrons. The van der Waals surface area contributed by atoms with Crippen molar-refractivity contribution >= 4 is 29.4 Å². The molecule has 3 heterocycles. The minimum absolute atomic E-state index is 0.0190. The molecule has 2 saturated heterocycles. The molecule has 2 aliphatic heterocycles. The van der Waals surface area contributed by atoms with Crippen LogP contribution in [0.15, 0.2) is 70.4 Å². The molecule has 358 valence electrons. The lowest BCUT2D eigenvalue weighted by atomic mass is 10.0. The number of aliphatic hydroxyl groups is 4. The van der Waals surface area contributed by atoms with E-state index in [0.29, 0.717) is 17.1 Å². The molecule has 2 aliphatic rings. The maximum Gasteiger partial charge on any atom is 0.484 e. The van der Waals surface area contributed by atoms with Gasteiger partial charge in [0, 0.05) is 32.7 Å². The molecular weight excluding hydrogens is 927 g/mol. The van der Waals surface area contributed by atoms with Crippen molar-refractivity contribution in [2.75, 3.05) is 34.5 Å². The molecular formula is C34H48N3O24P3. The number of carbonyl (C=O) groups is 1. The summed E-state index contributed by atoms with van der Waals surface area (Å²) < 4.78 is 79.0. The molecule has 0 spiro atoms. The normalized spacial score (nSPS) is 26.0. The lowest BCUT2D eigenvalue weighted by Crippen LogP contribution is -2.55. The van der Waals surface area contributed by atoms with Crippen LogP contribution in [0.2, 0.25) is 0 Å². The zero-order valence-electron chi connectivity index (χ0n) is 34.2. The third-order valence-corrected chi connectivity index (χ3v) is 12.6. The second kappa shape index (κ2) is 24.1. The number of amides is 1. The van der Waals surface area contributed by atoms with Crippen LogP contribution in [-0.2, 0) is 77.9 Å². The van der Waals surface area contributed by atoms with Crippen LogP contribution >= 0.6 is 23.5 Å². The van der Waals surface area contributed by atoms with Gasteiger partial charge in [0.25, 0.3) is 5.56 Å². The molecule has 11 atom stereocenters. The van der Waals surface area contributed by atoms with E-state index < -0.39 is 110 Å². The Balaban J connectivity index is 0.000000472. The van der Waals surface area contributed by atoms with E-state index in [1.165, 1.54) is 38.5 Å². The third-order valence-electron chi connectivity index (χ3n) is 8.65. The highest BCUT2D eigenvalue weighted by atomic mass is 31.3. The van der Waals surface area contributed by atoms with E-state index in [9.17, 15) is 53.4 Å². The summed E-state index contributed by atoms with van der Waals surface area (Å²) in [7, 11) is -10.9. The van der Waals surface area contributed by atoms with Crippen LogP contribution in [0.1, 0.15) is 30.7 Å². The SMILES string of the molecule is COOc1ccc(COP(=O)(O)OC)cc1.COOc1ccc(COP(=O)(OC[C@@H]2O[C@H](n3ccc(=O)[nH]c3=O)C(O)C2O)OP(=O)(O)OC2O[C@H](CO)C(O)CC2NC(C)=O)cc1. The maximum absolute atomic E-state index is 13.8. The fraction of sp³-hybridized carbons (Fsp3) is 0.500. The van der Waals surface area contributed by atoms with Gasteiger partial charge in [0.2, 0.25) is 5.91 Å². The second-order valence-corrected chi connectivity index (χ2v) is 18.1. The molecule has 8 N–H and O–H groups in total. The number of ether oxygens (including phenoxy) is 2. The molecule has 0 saturated carbocycles. The summed E-state index contributed by atoms with van der Waals surface area (Å²) >= 11 is 0. The number of phosphoric ester groups is 3. The van der Waals surface area contributed by atoms with Crippen LogP contribution in [0.5, 0.6) is 11.5 Å². The fourth-order valence-corrected chi connectivity index (χ4v) is 8.75. The van der Waals surface area contributed by atoms with Crippen molar-refractivity contribution in [3.63, 3.8) is 0 Å². The molecule has 64 heavy (non-hydrogen) atoms. The Kier molecular flexibility index (Phi) is 19.9. The van der Waals surface area contributed by atoms with Crippen LogP contribution < -0.4 is 26.3 Å². The Hall–Kier alpha value is -3.76. The third kappa shape index (κ3) is 16.0. The zero-order chi connectivity index (χ0) is 47.2. The first-order chi connectivity index (χ1) is 30.2. The number of rotatable bonds is 21. The molecule has 1 amide bonds. The number of benzene rings is 2. The highest BCUT2D eigenvalue weighted by molar-refractivity contribution is 7.61.